The summed E-state index contributed by atoms with van der Waals surface area (Å²) in [5.41, 5.74) is 6.32. The second kappa shape index (κ2) is 5.78. The van der Waals surface area contributed by atoms with Crippen molar-refractivity contribution in [2.75, 3.05) is 18.4 Å². The van der Waals surface area contributed by atoms with Crippen LogP contribution in [0.3, 0.4) is 0 Å². The Morgan fingerprint density at radius 1 is 1.23 bits per heavy atom. The molecular weight excluding hydrogens is 284 g/mol. The maximum atomic E-state index is 10.8. The molecule has 0 saturated carbocycles. The van der Waals surface area contributed by atoms with Gasteiger partial charge in [0.05, 0.1) is 10.4 Å². The molecule has 8 nitrogen and oxygen atoms in total. The van der Waals surface area contributed by atoms with Gasteiger partial charge in [0.1, 0.15) is 5.82 Å². The zero-order valence-electron chi connectivity index (χ0n) is 11.6. The van der Waals surface area contributed by atoms with Crippen LogP contribution in [0.25, 0.3) is 16.7 Å². The number of anilines is 1. The summed E-state index contributed by atoms with van der Waals surface area (Å²) in [4.78, 5) is 10.4. The van der Waals surface area contributed by atoms with Gasteiger partial charge in [0.15, 0.2) is 5.82 Å². The van der Waals surface area contributed by atoms with Crippen LogP contribution in [-0.2, 0) is 0 Å². The highest BCUT2D eigenvalue weighted by Crippen LogP contribution is 2.24. The Labute approximate surface area is 125 Å². The van der Waals surface area contributed by atoms with Crippen molar-refractivity contribution in [3.05, 3.63) is 52.7 Å². The first-order chi connectivity index (χ1) is 10.7. The van der Waals surface area contributed by atoms with E-state index in [0.29, 0.717) is 24.7 Å². The van der Waals surface area contributed by atoms with E-state index in [1.807, 2.05) is 29.0 Å². The largest absolute Gasteiger partial charge is 0.367 e. The van der Waals surface area contributed by atoms with E-state index in [-0.39, 0.29) is 5.69 Å². The molecule has 0 spiro atoms. The number of nitrogens with one attached hydrogen (secondary N) is 1. The summed E-state index contributed by atoms with van der Waals surface area (Å²) in [6.07, 6.45) is 1.81. The summed E-state index contributed by atoms with van der Waals surface area (Å²) < 4.78 is 1.83. The molecule has 0 fully saturated rings. The molecule has 2 aromatic heterocycles. The zero-order chi connectivity index (χ0) is 15.5. The highest BCUT2D eigenvalue weighted by atomic mass is 16.6. The molecule has 22 heavy (non-hydrogen) atoms. The third-order valence-corrected chi connectivity index (χ3v) is 3.23. The van der Waals surface area contributed by atoms with Crippen LogP contribution in [0.2, 0.25) is 0 Å². The first kappa shape index (κ1) is 14.0. The fourth-order valence-electron chi connectivity index (χ4n) is 2.19. The average Bonchev–Trinajstić information content (AvgIpc) is 2.96. The Balaban J connectivity index is 1.94. The van der Waals surface area contributed by atoms with Crippen LogP contribution in [0.4, 0.5) is 11.5 Å². The van der Waals surface area contributed by atoms with Crippen LogP contribution in [-0.4, -0.2) is 32.8 Å². The SMILES string of the molecule is NCCNc1ccc(-n2ccc3cc([N+](=O)[O-])ccc32)nn1. The molecule has 0 radical (unpaired) electrons. The van der Waals surface area contributed by atoms with E-state index in [4.69, 9.17) is 5.73 Å². The lowest BCUT2D eigenvalue weighted by Gasteiger charge is -2.06. The zero-order valence-corrected chi connectivity index (χ0v) is 11.6. The standard InChI is InChI=1S/C14H14N6O2/c15-6-7-16-13-3-4-14(18-17-13)19-8-5-10-9-11(20(21)22)1-2-12(10)19/h1-5,8-9H,6-7,15H2,(H,16,17). The van der Waals surface area contributed by atoms with E-state index >= 15 is 0 Å². The summed E-state index contributed by atoms with van der Waals surface area (Å²) in [6, 6.07) is 10.2. The molecule has 3 N–H and O–H groups in total. The normalized spacial score (nSPS) is 10.8. The fourth-order valence-corrected chi connectivity index (χ4v) is 2.19. The molecule has 1 aromatic carbocycles. The Morgan fingerprint density at radius 2 is 2.09 bits per heavy atom. The summed E-state index contributed by atoms with van der Waals surface area (Å²) >= 11 is 0. The molecule has 8 heteroatoms. The maximum Gasteiger partial charge on any atom is 0.270 e. The molecule has 3 rings (SSSR count). The number of hydrogen-bond acceptors (Lipinski definition) is 6. The van der Waals surface area contributed by atoms with Crippen LogP contribution in [0.1, 0.15) is 0 Å². The number of nitrogens with two attached hydrogens (primary N) is 1. The number of rotatable bonds is 5. The molecular formula is C14H14N6O2. The second-order valence-electron chi connectivity index (χ2n) is 4.68. The van der Waals surface area contributed by atoms with Crippen molar-refractivity contribution in [3.63, 3.8) is 0 Å². The van der Waals surface area contributed by atoms with Crippen LogP contribution in [0, 0.1) is 10.1 Å². The summed E-state index contributed by atoms with van der Waals surface area (Å²) in [7, 11) is 0. The minimum Gasteiger partial charge on any atom is -0.367 e. The lowest BCUT2D eigenvalue weighted by Crippen LogP contribution is -2.14. The molecule has 0 aliphatic carbocycles. The van der Waals surface area contributed by atoms with Crippen LogP contribution >= 0.6 is 0 Å². The number of benzene rings is 1. The average molecular weight is 298 g/mol. The van der Waals surface area contributed by atoms with Gasteiger partial charge in [-0.2, -0.15) is 0 Å². The van der Waals surface area contributed by atoms with E-state index in [0.717, 1.165) is 10.9 Å². The smallest absolute Gasteiger partial charge is 0.270 e. The Kier molecular flexibility index (Phi) is 3.67. The quantitative estimate of drug-likeness (QED) is 0.547. The number of hydrogen-bond donors (Lipinski definition) is 2. The highest BCUT2D eigenvalue weighted by molar-refractivity contribution is 5.83. The van der Waals surface area contributed by atoms with Gasteiger partial charge < -0.3 is 11.1 Å². The number of fused-ring (bicyclic) bond motifs is 1. The van der Waals surface area contributed by atoms with Crippen molar-refractivity contribution in [1.29, 1.82) is 0 Å². The van der Waals surface area contributed by atoms with Crippen molar-refractivity contribution in [1.82, 2.24) is 14.8 Å². The molecule has 0 saturated heterocycles. The van der Waals surface area contributed by atoms with Gasteiger partial charge in [0.2, 0.25) is 0 Å². The lowest BCUT2D eigenvalue weighted by molar-refractivity contribution is -0.384. The van der Waals surface area contributed by atoms with Gasteiger partial charge in [-0.15, -0.1) is 10.2 Å². The van der Waals surface area contributed by atoms with Crippen molar-refractivity contribution < 1.29 is 4.92 Å². The van der Waals surface area contributed by atoms with E-state index < -0.39 is 4.92 Å². The Bertz CT molecular complexity index is 812. The molecule has 0 bridgehead atoms. The summed E-state index contributed by atoms with van der Waals surface area (Å²) in [6.45, 7) is 1.15. The predicted molar refractivity (Wildman–Crippen MR) is 83.1 cm³/mol. The second-order valence-corrected chi connectivity index (χ2v) is 4.68. The fraction of sp³-hybridized carbons (Fsp3) is 0.143. The van der Waals surface area contributed by atoms with Gasteiger partial charge in [-0.25, -0.2) is 0 Å². The predicted octanol–water partition coefficient (Wildman–Crippen LogP) is 1.70. The Morgan fingerprint density at radius 3 is 2.77 bits per heavy atom. The van der Waals surface area contributed by atoms with Gasteiger partial charge in [0.25, 0.3) is 5.69 Å². The number of nitro groups is 1. The molecule has 2 heterocycles. The molecule has 0 unspecified atom stereocenters. The van der Waals surface area contributed by atoms with Crippen molar-refractivity contribution >= 4 is 22.4 Å². The first-order valence-electron chi connectivity index (χ1n) is 6.72. The van der Waals surface area contributed by atoms with Crippen LogP contribution < -0.4 is 11.1 Å². The third kappa shape index (κ3) is 2.59. The van der Waals surface area contributed by atoms with Gasteiger partial charge in [0, 0.05) is 36.8 Å². The minimum atomic E-state index is -0.408. The van der Waals surface area contributed by atoms with Gasteiger partial charge in [-0.1, -0.05) is 0 Å². The number of nitrogens with zero attached hydrogens (tertiary/aromatic N) is 4. The topological polar surface area (TPSA) is 112 Å². The molecule has 0 aliphatic rings. The van der Waals surface area contributed by atoms with E-state index in [2.05, 4.69) is 15.5 Å². The summed E-state index contributed by atoms with van der Waals surface area (Å²) in [5, 5.41) is 22.9. The van der Waals surface area contributed by atoms with Crippen LogP contribution in [0.5, 0.6) is 0 Å². The molecule has 0 atom stereocenters. The molecule has 0 amide bonds. The van der Waals surface area contributed by atoms with E-state index in [1.54, 1.807) is 6.07 Å². The number of aromatic nitrogens is 3. The van der Waals surface area contributed by atoms with Gasteiger partial charge in [-0.3, -0.25) is 14.7 Å². The maximum absolute atomic E-state index is 10.8. The van der Waals surface area contributed by atoms with E-state index in [1.165, 1.54) is 12.1 Å². The number of non-ortho nitro benzene ring substituents is 1. The van der Waals surface area contributed by atoms with Crippen molar-refractivity contribution in [3.8, 4) is 5.82 Å². The molecule has 112 valence electrons. The molecule has 3 aromatic rings. The summed E-state index contributed by atoms with van der Waals surface area (Å²) in [5.74, 6) is 1.29. The monoisotopic (exact) mass is 298 g/mol. The number of nitro benzene ring substituents is 1. The van der Waals surface area contributed by atoms with Crippen molar-refractivity contribution in [2.24, 2.45) is 5.73 Å². The highest BCUT2D eigenvalue weighted by Gasteiger charge is 2.10. The van der Waals surface area contributed by atoms with Gasteiger partial charge in [-0.05, 0) is 24.3 Å². The van der Waals surface area contributed by atoms with E-state index in [9.17, 15) is 10.1 Å². The lowest BCUT2D eigenvalue weighted by atomic mass is 10.2. The third-order valence-electron chi connectivity index (χ3n) is 3.23. The minimum absolute atomic E-state index is 0.0673. The van der Waals surface area contributed by atoms with Crippen molar-refractivity contribution in [2.45, 2.75) is 0 Å². The Hall–Kier alpha value is -3.00. The molecule has 0 aliphatic heterocycles. The first-order valence-corrected chi connectivity index (χ1v) is 6.72. The van der Waals surface area contributed by atoms with Crippen LogP contribution in [0.15, 0.2) is 42.6 Å². The van der Waals surface area contributed by atoms with Gasteiger partial charge >= 0.3 is 0 Å².